The quantitative estimate of drug-likeness (QED) is 0.906. The highest BCUT2D eigenvalue weighted by Gasteiger charge is 2.21. The van der Waals surface area contributed by atoms with Crippen LogP contribution in [-0.4, -0.2) is 16.8 Å². The molecule has 0 amide bonds. The average molecular weight is 249 g/mol. The zero-order valence-electron chi connectivity index (χ0n) is 11.0. The molecule has 2 aromatic heterocycles. The van der Waals surface area contributed by atoms with Gasteiger partial charge in [-0.25, -0.2) is 0 Å². The smallest absolute Gasteiger partial charge is 0.0705 e. The van der Waals surface area contributed by atoms with Gasteiger partial charge in [-0.2, -0.15) is 5.10 Å². The van der Waals surface area contributed by atoms with Crippen LogP contribution in [0.3, 0.4) is 0 Å². The Morgan fingerprint density at radius 3 is 2.41 bits per heavy atom. The van der Waals surface area contributed by atoms with E-state index in [2.05, 4.69) is 43.3 Å². The molecule has 1 unspecified atom stereocenters. The lowest BCUT2D eigenvalue weighted by atomic mass is 10.0. The second-order valence-corrected chi connectivity index (χ2v) is 5.70. The summed E-state index contributed by atoms with van der Waals surface area (Å²) in [5.41, 5.74) is 3.64. The first-order valence-electron chi connectivity index (χ1n) is 5.78. The van der Waals surface area contributed by atoms with Gasteiger partial charge in [0.2, 0.25) is 0 Å². The van der Waals surface area contributed by atoms with Gasteiger partial charge < -0.3 is 5.32 Å². The van der Waals surface area contributed by atoms with Crippen LogP contribution in [0.2, 0.25) is 0 Å². The van der Waals surface area contributed by atoms with Gasteiger partial charge in [0.1, 0.15) is 0 Å². The molecule has 0 bridgehead atoms. The Balaban J connectivity index is 2.49. The summed E-state index contributed by atoms with van der Waals surface area (Å²) in [5.74, 6) is 0. The molecule has 0 saturated heterocycles. The molecule has 92 valence electrons. The van der Waals surface area contributed by atoms with Gasteiger partial charge >= 0.3 is 0 Å². The zero-order valence-corrected chi connectivity index (χ0v) is 11.9. The highest BCUT2D eigenvalue weighted by Crippen LogP contribution is 2.31. The maximum absolute atomic E-state index is 4.49. The number of rotatable bonds is 3. The molecular formula is C13H19N3S. The number of hydrogen-bond acceptors (Lipinski definition) is 3. The van der Waals surface area contributed by atoms with Crippen molar-refractivity contribution in [2.75, 3.05) is 7.05 Å². The third-order valence-electron chi connectivity index (χ3n) is 3.19. The fourth-order valence-electron chi connectivity index (χ4n) is 2.25. The molecule has 0 radical (unpaired) electrons. The van der Waals surface area contributed by atoms with Crippen LogP contribution in [0.1, 0.15) is 32.7 Å². The summed E-state index contributed by atoms with van der Waals surface area (Å²) in [4.78, 5) is 2.70. The van der Waals surface area contributed by atoms with Gasteiger partial charge in [-0.15, -0.1) is 11.3 Å². The summed E-state index contributed by atoms with van der Waals surface area (Å²) in [6.45, 7) is 6.34. The highest BCUT2D eigenvalue weighted by atomic mass is 32.1. The van der Waals surface area contributed by atoms with E-state index >= 15 is 0 Å². The van der Waals surface area contributed by atoms with Crippen molar-refractivity contribution in [1.29, 1.82) is 0 Å². The summed E-state index contributed by atoms with van der Waals surface area (Å²) >= 11 is 1.84. The Hall–Kier alpha value is -1.13. The van der Waals surface area contributed by atoms with Gasteiger partial charge in [0.15, 0.2) is 0 Å². The van der Waals surface area contributed by atoms with Crippen LogP contribution in [0, 0.1) is 20.8 Å². The number of aryl methyl sites for hydroxylation is 3. The van der Waals surface area contributed by atoms with Gasteiger partial charge in [-0.3, -0.25) is 4.68 Å². The zero-order chi connectivity index (χ0) is 12.6. The van der Waals surface area contributed by atoms with Crippen LogP contribution >= 0.6 is 11.3 Å². The first kappa shape index (κ1) is 12.3. The Bertz CT molecular complexity index is 525. The van der Waals surface area contributed by atoms with Crippen LogP contribution in [0.15, 0.2) is 12.1 Å². The van der Waals surface area contributed by atoms with Crippen LogP contribution < -0.4 is 5.32 Å². The lowest BCUT2D eigenvalue weighted by molar-refractivity contribution is 0.688. The van der Waals surface area contributed by atoms with Crippen molar-refractivity contribution >= 4 is 11.3 Å². The van der Waals surface area contributed by atoms with Gasteiger partial charge in [-0.05, 0) is 40.0 Å². The minimum atomic E-state index is 0.252. The van der Waals surface area contributed by atoms with Crippen molar-refractivity contribution in [3.8, 4) is 0 Å². The predicted octanol–water partition coefficient (Wildman–Crippen LogP) is 2.72. The summed E-state index contributed by atoms with van der Waals surface area (Å²) in [6.07, 6.45) is 0. The molecule has 1 atom stereocenters. The second-order valence-electron chi connectivity index (χ2n) is 4.38. The van der Waals surface area contributed by atoms with E-state index in [9.17, 15) is 0 Å². The third-order valence-corrected chi connectivity index (χ3v) is 4.25. The summed E-state index contributed by atoms with van der Waals surface area (Å²) < 4.78 is 1.95. The number of nitrogens with zero attached hydrogens (tertiary/aromatic N) is 2. The lowest BCUT2D eigenvalue weighted by Gasteiger charge is -2.15. The van der Waals surface area contributed by atoms with Crippen molar-refractivity contribution in [1.82, 2.24) is 15.1 Å². The normalized spacial score (nSPS) is 13.0. The Morgan fingerprint density at radius 2 is 2.00 bits per heavy atom. The number of hydrogen-bond donors (Lipinski definition) is 1. The van der Waals surface area contributed by atoms with E-state index in [1.807, 2.05) is 30.1 Å². The molecule has 0 aromatic carbocycles. The van der Waals surface area contributed by atoms with Gasteiger partial charge in [0.05, 0.1) is 11.7 Å². The summed E-state index contributed by atoms with van der Waals surface area (Å²) in [5, 5.41) is 7.89. The van der Waals surface area contributed by atoms with E-state index in [0.29, 0.717) is 0 Å². The molecule has 0 aliphatic carbocycles. The van der Waals surface area contributed by atoms with Crippen molar-refractivity contribution in [3.63, 3.8) is 0 Å². The van der Waals surface area contributed by atoms with Crippen molar-refractivity contribution in [2.45, 2.75) is 26.8 Å². The number of aromatic nitrogens is 2. The molecule has 0 spiro atoms. The first-order valence-corrected chi connectivity index (χ1v) is 6.60. The fourth-order valence-corrected chi connectivity index (χ4v) is 3.24. The third kappa shape index (κ3) is 2.15. The molecule has 0 saturated carbocycles. The molecule has 1 N–H and O–H groups in total. The summed E-state index contributed by atoms with van der Waals surface area (Å²) in [6, 6.07) is 4.63. The fraction of sp³-hybridized carbons (Fsp3) is 0.462. The number of thiophene rings is 1. The van der Waals surface area contributed by atoms with E-state index in [-0.39, 0.29) is 6.04 Å². The Morgan fingerprint density at radius 1 is 1.29 bits per heavy atom. The van der Waals surface area contributed by atoms with Gasteiger partial charge in [0, 0.05) is 28.1 Å². The predicted molar refractivity (Wildman–Crippen MR) is 72.6 cm³/mol. The minimum absolute atomic E-state index is 0.252. The molecular weight excluding hydrogens is 230 g/mol. The largest absolute Gasteiger partial charge is 0.309 e. The number of nitrogens with one attached hydrogen (secondary N) is 1. The Kier molecular flexibility index (Phi) is 3.35. The topological polar surface area (TPSA) is 29.9 Å². The van der Waals surface area contributed by atoms with E-state index in [0.717, 1.165) is 5.69 Å². The molecule has 0 fully saturated rings. The molecule has 0 aliphatic heterocycles. The van der Waals surface area contributed by atoms with Crippen LogP contribution in [-0.2, 0) is 7.05 Å². The lowest BCUT2D eigenvalue weighted by Crippen LogP contribution is -2.18. The van der Waals surface area contributed by atoms with E-state index in [1.165, 1.54) is 21.0 Å². The minimum Gasteiger partial charge on any atom is -0.309 e. The van der Waals surface area contributed by atoms with Crippen LogP contribution in [0.25, 0.3) is 0 Å². The van der Waals surface area contributed by atoms with E-state index in [4.69, 9.17) is 0 Å². The second kappa shape index (κ2) is 4.63. The average Bonchev–Trinajstić information content (AvgIpc) is 2.79. The molecule has 17 heavy (non-hydrogen) atoms. The standard InChI is InChI=1S/C13H19N3S/c1-8-6-7-11(17-8)13(14-4)12-9(2)15-16(5)10(12)3/h6-7,13-14H,1-5H3. The maximum Gasteiger partial charge on any atom is 0.0705 e. The molecule has 2 heterocycles. The summed E-state index contributed by atoms with van der Waals surface area (Å²) in [7, 11) is 4.00. The van der Waals surface area contributed by atoms with Crippen molar-refractivity contribution < 1.29 is 0 Å². The van der Waals surface area contributed by atoms with E-state index in [1.54, 1.807) is 0 Å². The van der Waals surface area contributed by atoms with Crippen molar-refractivity contribution in [2.24, 2.45) is 7.05 Å². The van der Waals surface area contributed by atoms with Gasteiger partial charge in [-0.1, -0.05) is 0 Å². The molecule has 3 nitrogen and oxygen atoms in total. The monoisotopic (exact) mass is 249 g/mol. The molecule has 2 rings (SSSR count). The molecule has 0 aliphatic rings. The van der Waals surface area contributed by atoms with Crippen LogP contribution in [0.4, 0.5) is 0 Å². The first-order chi connectivity index (χ1) is 8.04. The van der Waals surface area contributed by atoms with Gasteiger partial charge in [0.25, 0.3) is 0 Å². The Labute approximate surface area is 106 Å². The maximum atomic E-state index is 4.49. The molecule has 4 heteroatoms. The highest BCUT2D eigenvalue weighted by molar-refractivity contribution is 7.12. The SMILES string of the molecule is CNC(c1ccc(C)s1)c1c(C)nn(C)c1C. The van der Waals surface area contributed by atoms with E-state index < -0.39 is 0 Å². The molecule has 2 aromatic rings. The van der Waals surface area contributed by atoms with Crippen molar-refractivity contribution in [3.05, 3.63) is 38.8 Å². The van der Waals surface area contributed by atoms with Crippen LogP contribution in [0.5, 0.6) is 0 Å².